The van der Waals surface area contributed by atoms with Crippen LogP contribution in [-0.4, -0.2) is 73.9 Å². The molecule has 10 heteroatoms. The molecule has 8 nitrogen and oxygen atoms in total. The molecule has 3 aromatic heterocycles. The fourth-order valence-corrected chi connectivity index (χ4v) is 5.56. The number of β-amino-alcohol motifs (C(OH)–C–C–N with tert-alkyl or cyclic N) is 1. The third-order valence-corrected chi connectivity index (χ3v) is 7.11. The van der Waals surface area contributed by atoms with E-state index in [4.69, 9.17) is 4.42 Å². The van der Waals surface area contributed by atoms with Crippen molar-refractivity contribution in [2.75, 3.05) is 39.3 Å². The van der Waals surface area contributed by atoms with Gasteiger partial charge in [-0.05, 0) is 29.8 Å². The van der Waals surface area contributed by atoms with Gasteiger partial charge in [0.15, 0.2) is 5.76 Å². The van der Waals surface area contributed by atoms with Gasteiger partial charge >= 0.3 is 0 Å². The van der Waals surface area contributed by atoms with Crippen LogP contribution < -0.4 is 0 Å². The Balaban J connectivity index is 1.52. The zero-order valence-corrected chi connectivity index (χ0v) is 19.1. The number of halogens is 1. The topological polar surface area (TPSA) is 90.3 Å². The molecule has 0 saturated carbocycles. The molecular weight excluding hydrogens is 482 g/mol. The van der Waals surface area contributed by atoms with E-state index in [-0.39, 0.29) is 18.5 Å². The van der Waals surface area contributed by atoms with Gasteiger partial charge in [-0.15, -0.1) is 5.10 Å². The maximum atomic E-state index is 11.1. The summed E-state index contributed by atoms with van der Waals surface area (Å²) in [6.07, 6.45) is 1.58. The van der Waals surface area contributed by atoms with E-state index in [1.807, 2.05) is 12.1 Å². The summed E-state index contributed by atoms with van der Waals surface area (Å²) in [6, 6.07) is 11.7. The van der Waals surface area contributed by atoms with E-state index in [9.17, 15) is 10.2 Å². The average Bonchev–Trinajstić information content (AvgIpc) is 3.49. The highest BCUT2D eigenvalue weighted by molar-refractivity contribution is 9.10. The van der Waals surface area contributed by atoms with Crippen molar-refractivity contribution in [3.63, 3.8) is 0 Å². The summed E-state index contributed by atoms with van der Waals surface area (Å²) in [5.41, 5.74) is 1.09. The van der Waals surface area contributed by atoms with Crippen molar-refractivity contribution >= 4 is 32.2 Å². The summed E-state index contributed by atoms with van der Waals surface area (Å²) in [7, 11) is 0. The zero-order valence-electron chi connectivity index (χ0n) is 16.7. The molecule has 0 radical (unpaired) electrons. The number of aliphatic hydroxyl groups is 1. The first kappa shape index (κ1) is 20.7. The van der Waals surface area contributed by atoms with Crippen LogP contribution in [-0.2, 0) is 0 Å². The van der Waals surface area contributed by atoms with E-state index in [0.717, 1.165) is 41.1 Å². The van der Waals surface area contributed by atoms with Gasteiger partial charge in [0, 0.05) is 37.2 Å². The quantitative estimate of drug-likeness (QED) is 0.417. The van der Waals surface area contributed by atoms with Crippen LogP contribution in [0, 0.1) is 0 Å². The molecule has 5 rings (SSSR count). The molecule has 0 amide bonds. The van der Waals surface area contributed by atoms with E-state index in [1.54, 1.807) is 18.4 Å². The lowest BCUT2D eigenvalue weighted by Gasteiger charge is -2.39. The van der Waals surface area contributed by atoms with Gasteiger partial charge in [0.2, 0.25) is 16.7 Å². The average molecular weight is 504 g/mol. The molecule has 0 aliphatic carbocycles. The Hall–Kier alpha value is -2.24. The van der Waals surface area contributed by atoms with E-state index in [1.165, 1.54) is 15.9 Å². The summed E-state index contributed by atoms with van der Waals surface area (Å²) in [5.74, 6) is 1.13. The van der Waals surface area contributed by atoms with Crippen LogP contribution in [0.25, 0.3) is 16.5 Å². The molecule has 31 heavy (non-hydrogen) atoms. The lowest BCUT2D eigenvalue weighted by molar-refractivity contribution is 0.0945. The van der Waals surface area contributed by atoms with Crippen molar-refractivity contribution in [3.8, 4) is 17.5 Å². The molecule has 0 spiro atoms. The Morgan fingerprint density at radius 2 is 2.00 bits per heavy atom. The normalized spacial score (nSPS) is 16.8. The van der Waals surface area contributed by atoms with Crippen LogP contribution in [0.2, 0.25) is 0 Å². The second-order valence-corrected chi connectivity index (χ2v) is 9.38. The van der Waals surface area contributed by atoms with Gasteiger partial charge < -0.3 is 14.6 Å². The summed E-state index contributed by atoms with van der Waals surface area (Å²) in [5, 5.41) is 24.8. The van der Waals surface area contributed by atoms with E-state index < -0.39 is 0 Å². The van der Waals surface area contributed by atoms with Crippen molar-refractivity contribution in [3.05, 3.63) is 57.6 Å². The van der Waals surface area contributed by atoms with E-state index >= 15 is 0 Å². The molecule has 4 aromatic rings. The number of fused-ring (bicyclic) bond motifs is 1. The van der Waals surface area contributed by atoms with Gasteiger partial charge in [-0.25, -0.2) is 0 Å². The Morgan fingerprint density at radius 3 is 2.68 bits per heavy atom. The third-order valence-electron chi connectivity index (χ3n) is 5.54. The van der Waals surface area contributed by atoms with Crippen LogP contribution in [0.15, 0.2) is 51.6 Å². The number of aromatic nitrogens is 3. The van der Waals surface area contributed by atoms with Gasteiger partial charge in [0.25, 0.3) is 0 Å². The number of aromatic hydroxyl groups is 1. The number of hydrogen-bond donors (Lipinski definition) is 2. The Labute approximate surface area is 191 Å². The SMILES string of the molecule is OCCN1CCN(C(c2cccc(Br)c2)c2sc3nc(-c4ccco4)nn3c2O)CC1. The molecule has 2 N–H and O–H groups in total. The van der Waals surface area contributed by atoms with E-state index in [0.29, 0.717) is 23.1 Å². The highest BCUT2D eigenvalue weighted by Crippen LogP contribution is 2.41. The number of furan rings is 1. The first-order chi connectivity index (χ1) is 15.1. The van der Waals surface area contributed by atoms with Gasteiger partial charge in [-0.3, -0.25) is 9.80 Å². The molecule has 1 unspecified atom stereocenters. The number of piperazine rings is 1. The van der Waals surface area contributed by atoms with Crippen LogP contribution in [0.3, 0.4) is 0 Å². The van der Waals surface area contributed by atoms with Crippen LogP contribution in [0.5, 0.6) is 5.88 Å². The maximum Gasteiger partial charge on any atom is 0.230 e. The van der Waals surface area contributed by atoms with Crippen molar-refractivity contribution in [1.29, 1.82) is 0 Å². The van der Waals surface area contributed by atoms with Crippen molar-refractivity contribution in [2.45, 2.75) is 6.04 Å². The smallest absolute Gasteiger partial charge is 0.230 e. The lowest BCUT2D eigenvalue weighted by atomic mass is 10.0. The minimum Gasteiger partial charge on any atom is -0.492 e. The highest BCUT2D eigenvalue weighted by atomic mass is 79.9. The van der Waals surface area contributed by atoms with Gasteiger partial charge in [0.1, 0.15) is 0 Å². The second-order valence-electron chi connectivity index (χ2n) is 7.46. The number of nitrogens with zero attached hydrogens (tertiary/aromatic N) is 5. The predicted molar refractivity (Wildman–Crippen MR) is 121 cm³/mol. The number of benzene rings is 1. The number of hydrogen-bond acceptors (Lipinski definition) is 8. The molecule has 162 valence electrons. The first-order valence-corrected chi connectivity index (χ1v) is 11.7. The molecule has 1 aliphatic heterocycles. The van der Waals surface area contributed by atoms with Gasteiger partial charge in [-0.1, -0.05) is 39.4 Å². The van der Waals surface area contributed by atoms with Crippen molar-refractivity contribution < 1.29 is 14.6 Å². The fourth-order valence-electron chi connectivity index (χ4n) is 4.03. The molecule has 1 aromatic carbocycles. The predicted octanol–water partition coefficient (Wildman–Crippen LogP) is 3.22. The molecule has 1 saturated heterocycles. The van der Waals surface area contributed by atoms with Crippen LogP contribution in [0.4, 0.5) is 0 Å². The zero-order chi connectivity index (χ0) is 21.4. The number of rotatable bonds is 6. The minimum atomic E-state index is -0.116. The first-order valence-electron chi connectivity index (χ1n) is 10.1. The van der Waals surface area contributed by atoms with Crippen LogP contribution >= 0.6 is 27.3 Å². The number of thiazole rings is 1. The fraction of sp³-hybridized carbons (Fsp3) is 0.333. The van der Waals surface area contributed by atoms with Crippen molar-refractivity contribution in [2.24, 2.45) is 0 Å². The highest BCUT2D eigenvalue weighted by Gasteiger charge is 2.32. The third kappa shape index (κ3) is 4.01. The number of aliphatic hydroxyl groups excluding tert-OH is 1. The van der Waals surface area contributed by atoms with Gasteiger partial charge in [-0.2, -0.15) is 9.50 Å². The van der Waals surface area contributed by atoms with Gasteiger partial charge in [0.05, 0.1) is 23.8 Å². The summed E-state index contributed by atoms with van der Waals surface area (Å²) in [4.78, 5) is 10.6. The lowest BCUT2D eigenvalue weighted by Crippen LogP contribution is -2.48. The Bertz CT molecular complexity index is 1170. The molecule has 1 atom stereocenters. The molecule has 4 heterocycles. The Morgan fingerprint density at radius 1 is 1.16 bits per heavy atom. The molecule has 0 bridgehead atoms. The Kier molecular flexibility index (Phi) is 5.81. The molecular formula is C21H22BrN5O3S. The summed E-state index contributed by atoms with van der Waals surface area (Å²) in [6.45, 7) is 4.27. The summed E-state index contributed by atoms with van der Waals surface area (Å²) < 4.78 is 7.88. The summed E-state index contributed by atoms with van der Waals surface area (Å²) >= 11 is 5.02. The minimum absolute atomic E-state index is 0.105. The maximum absolute atomic E-state index is 11.1. The monoisotopic (exact) mass is 503 g/mol. The molecule has 1 aliphatic rings. The second kappa shape index (κ2) is 8.71. The largest absolute Gasteiger partial charge is 0.492 e. The van der Waals surface area contributed by atoms with Crippen molar-refractivity contribution in [1.82, 2.24) is 24.4 Å². The molecule has 1 fully saturated rings. The standard InChI is InChI=1S/C21H22BrN5O3S/c22-15-4-1-3-14(13-15)17(26-8-6-25(7-9-26)10-11-28)18-20(29)27-21(31-18)23-19(24-27)16-5-2-12-30-16/h1-5,12-13,17,28-29H,6-11H2. The van der Waals surface area contributed by atoms with E-state index in [2.05, 4.69) is 47.9 Å². The van der Waals surface area contributed by atoms with Crippen LogP contribution in [0.1, 0.15) is 16.5 Å².